The Labute approximate surface area is 467 Å². The van der Waals surface area contributed by atoms with Crippen molar-refractivity contribution < 1.29 is 42.1 Å². The summed E-state index contributed by atoms with van der Waals surface area (Å²) in [7, 11) is 1.19. The summed E-state index contributed by atoms with van der Waals surface area (Å²) in [4.78, 5) is 38.0. The van der Waals surface area contributed by atoms with Gasteiger partial charge in [0.1, 0.15) is 19.8 Å². The lowest BCUT2D eigenvalue weighted by Crippen LogP contribution is -2.37. The van der Waals surface area contributed by atoms with Crippen molar-refractivity contribution in [3.05, 3.63) is 0 Å². The van der Waals surface area contributed by atoms with Crippen molar-refractivity contribution in [2.24, 2.45) is 0 Å². The highest BCUT2D eigenvalue weighted by Crippen LogP contribution is 2.38. The van der Waals surface area contributed by atoms with Gasteiger partial charge in [0.2, 0.25) is 0 Å². The second-order valence-corrected chi connectivity index (χ2v) is 25.6. The third-order valence-corrected chi connectivity index (χ3v) is 16.3. The van der Waals surface area contributed by atoms with E-state index < -0.39 is 26.5 Å². The zero-order valence-electron chi connectivity index (χ0n) is 51.0. The van der Waals surface area contributed by atoms with Crippen LogP contribution in [-0.4, -0.2) is 70.0 Å². The van der Waals surface area contributed by atoms with Crippen molar-refractivity contribution in [1.29, 1.82) is 0 Å². The Balaban J connectivity index is 4.01. The summed E-state index contributed by atoms with van der Waals surface area (Å²) >= 11 is 0. The minimum Gasteiger partial charge on any atom is -0.756 e. The quantitative estimate of drug-likeness (QED) is 0.0256. The maximum Gasteiger partial charge on any atom is 0.306 e. The molecule has 0 radical (unpaired) electrons. The Kier molecular flexibility index (Phi) is 56.9. The number of rotatable bonds is 63. The van der Waals surface area contributed by atoms with E-state index in [4.69, 9.17) is 18.5 Å². The van der Waals surface area contributed by atoms with E-state index in [2.05, 4.69) is 13.8 Å². The molecule has 0 spiro atoms. The predicted molar refractivity (Wildman–Crippen MR) is 319 cm³/mol. The molecule has 2 unspecified atom stereocenters. The molecule has 2 atom stereocenters. The first-order valence-corrected chi connectivity index (χ1v) is 34.7. The normalized spacial score (nSPS) is 13.1. The Morgan fingerprint density at radius 3 is 0.853 bits per heavy atom. The summed E-state index contributed by atoms with van der Waals surface area (Å²) in [6.45, 7) is 4.33. The zero-order chi connectivity index (χ0) is 54.9. The maximum atomic E-state index is 12.8. The van der Waals surface area contributed by atoms with E-state index in [1.165, 1.54) is 289 Å². The van der Waals surface area contributed by atoms with Crippen molar-refractivity contribution >= 4 is 19.8 Å². The Hall–Kier alpha value is -0.990. The van der Waals surface area contributed by atoms with Crippen molar-refractivity contribution in [3.8, 4) is 0 Å². The van der Waals surface area contributed by atoms with Gasteiger partial charge in [-0.25, -0.2) is 0 Å². The average molecular weight is 1080 g/mol. The van der Waals surface area contributed by atoms with Crippen LogP contribution in [0.2, 0.25) is 0 Å². The lowest BCUT2D eigenvalue weighted by molar-refractivity contribution is -0.870. The van der Waals surface area contributed by atoms with E-state index in [0.29, 0.717) is 17.4 Å². The number of phosphoric ester groups is 1. The van der Waals surface area contributed by atoms with Gasteiger partial charge in [-0.1, -0.05) is 328 Å². The lowest BCUT2D eigenvalue weighted by Gasteiger charge is -2.28. The highest BCUT2D eigenvalue weighted by molar-refractivity contribution is 7.45. The van der Waals surface area contributed by atoms with E-state index in [1.54, 1.807) is 0 Å². The first-order valence-electron chi connectivity index (χ1n) is 33.2. The Morgan fingerprint density at radius 1 is 0.360 bits per heavy atom. The molecule has 448 valence electrons. The number of ether oxygens (including phenoxy) is 2. The van der Waals surface area contributed by atoms with Gasteiger partial charge in [-0.05, 0) is 12.8 Å². The van der Waals surface area contributed by atoms with Crippen LogP contribution >= 0.6 is 7.82 Å². The summed E-state index contributed by atoms with van der Waals surface area (Å²) in [5, 5.41) is 0. The standard InChI is InChI=1S/C65H130NO8P/c1-6-8-10-12-14-16-18-20-22-24-26-28-30-32-33-34-36-38-40-42-44-46-48-50-52-54-56-58-65(68)74-63(62-73-75(69,70)72-60-59-66(3,4)5)61-71-64(67)57-55-53-51-49-47-45-43-41-39-37-35-31-29-27-25-23-21-19-17-15-13-11-9-7-2/h63H,6-62H2,1-5H3. The number of hydrogen-bond donors (Lipinski definition) is 0. The molecule has 0 bridgehead atoms. The number of phosphoric acid groups is 1. The molecule has 0 saturated heterocycles. The molecule has 0 aliphatic heterocycles. The summed E-state index contributed by atoms with van der Waals surface area (Å²) in [6.07, 6.45) is 67.5. The second kappa shape index (κ2) is 57.7. The topological polar surface area (TPSA) is 111 Å². The molecule has 0 aliphatic carbocycles. The molecule has 0 heterocycles. The van der Waals surface area contributed by atoms with Gasteiger partial charge in [0, 0.05) is 12.8 Å². The van der Waals surface area contributed by atoms with Gasteiger partial charge in [0.05, 0.1) is 27.7 Å². The molecule has 0 aromatic carbocycles. The van der Waals surface area contributed by atoms with E-state index in [0.717, 1.165) is 32.1 Å². The van der Waals surface area contributed by atoms with Crippen molar-refractivity contribution in [3.63, 3.8) is 0 Å². The molecule has 9 nitrogen and oxygen atoms in total. The molecule has 0 fully saturated rings. The molecular weight excluding hydrogens is 954 g/mol. The number of likely N-dealkylation sites (N-methyl/N-ethyl adjacent to an activating group) is 1. The monoisotopic (exact) mass is 1080 g/mol. The van der Waals surface area contributed by atoms with E-state index >= 15 is 0 Å². The SMILES string of the molecule is CCCCCCCCCCCCCCCCCCCCCCCCCCCCCC(=O)OC(COC(=O)CCCCCCCCCCCCCCCCCCCCCCCCCC)COP(=O)([O-])OCC[N+](C)(C)C. The molecular formula is C65H130NO8P. The number of esters is 2. The Bertz CT molecular complexity index is 1230. The van der Waals surface area contributed by atoms with Gasteiger partial charge in [-0.2, -0.15) is 0 Å². The van der Waals surface area contributed by atoms with Crippen LogP contribution in [0.25, 0.3) is 0 Å². The number of carbonyl (C=O) groups is 2. The molecule has 0 rings (SSSR count). The molecule has 0 saturated carbocycles. The third-order valence-electron chi connectivity index (χ3n) is 15.4. The van der Waals surface area contributed by atoms with Gasteiger partial charge in [0.25, 0.3) is 7.82 Å². The first kappa shape index (κ1) is 74.0. The molecule has 75 heavy (non-hydrogen) atoms. The van der Waals surface area contributed by atoms with Crippen molar-refractivity contribution in [1.82, 2.24) is 0 Å². The fourth-order valence-electron chi connectivity index (χ4n) is 10.3. The number of nitrogens with zero attached hydrogens (tertiary/aromatic N) is 1. The van der Waals surface area contributed by atoms with E-state index in [9.17, 15) is 19.0 Å². The second-order valence-electron chi connectivity index (χ2n) is 24.2. The van der Waals surface area contributed by atoms with Crippen molar-refractivity contribution in [2.75, 3.05) is 47.5 Å². The van der Waals surface area contributed by atoms with Crippen molar-refractivity contribution in [2.45, 2.75) is 360 Å². The largest absolute Gasteiger partial charge is 0.756 e. The highest BCUT2D eigenvalue weighted by Gasteiger charge is 2.22. The third kappa shape index (κ3) is 62.1. The average Bonchev–Trinajstić information content (AvgIpc) is 3.37. The van der Waals surface area contributed by atoms with Crippen LogP contribution < -0.4 is 4.89 Å². The molecule has 0 N–H and O–H groups in total. The summed E-state index contributed by atoms with van der Waals surface area (Å²) in [6, 6.07) is 0. The fraction of sp³-hybridized carbons (Fsp3) is 0.969. The molecule has 0 aliphatic rings. The van der Waals surface area contributed by atoms with E-state index in [1.807, 2.05) is 21.1 Å². The lowest BCUT2D eigenvalue weighted by atomic mass is 10.0. The van der Waals surface area contributed by atoms with Crippen LogP contribution in [0.3, 0.4) is 0 Å². The van der Waals surface area contributed by atoms with Crippen LogP contribution in [-0.2, 0) is 32.7 Å². The maximum absolute atomic E-state index is 12.8. The number of carbonyl (C=O) groups excluding carboxylic acids is 2. The van der Waals surface area contributed by atoms with Gasteiger partial charge in [-0.3, -0.25) is 14.2 Å². The summed E-state index contributed by atoms with van der Waals surface area (Å²) < 4.78 is 34.3. The minimum absolute atomic E-state index is 0.0249. The minimum atomic E-state index is -4.63. The summed E-state index contributed by atoms with van der Waals surface area (Å²) in [5.41, 5.74) is 0. The van der Waals surface area contributed by atoms with Gasteiger partial charge < -0.3 is 27.9 Å². The smallest absolute Gasteiger partial charge is 0.306 e. The van der Waals surface area contributed by atoms with Crippen LogP contribution in [0.15, 0.2) is 0 Å². The molecule has 0 aromatic rings. The molecule has 10 heteroatoms. The highest BCUT2D eigenvalue weighted by atomic mass is 31.2. The Morgan fingerprint density at radius 2 is 0.600 bits per heavy atom. The number of quaternary nitrogens is 1. The first-order chi connectivity index (χ1) is 36.5. The predicted octanol–water partition coefficient (Wildman–Crippen LogP) is 20.4. The van der Waals surface area contributed by atoms with E-state index in [-0.39, 0.29) is 32.0 Å². The van der Waals surface area contributed by atoms with Crippen LogP contribution in [0.1, 0.15) is 354 Å². The van der Waals surface area contributed by atoms with Gasteiger partial charge in [-0.15, -0.1) is 0 Å². The number of unbranched alkanes of at least 4 members (excludes halogenated alkanes) is 49. The molecule has 0 amide bonds. The summed E-state index contributed by atoms with van der Waals surface area (Å²) in [5.74, 6) is -0.805. The van der Waals surface area contributed by atoms with Gasteiger partial charge in [0.15, 0.2) is 6.10 Å². The fourth-order valence-corrected chi connectivity index (χ4v) is 11.0. The van der Waals surface area contributed by atoms with Crippen LogP contribution in [0, 0.1) is 0 Å². The zero-order valence-corrected chi connectivity index (χ0v) is 51.9. The van der Waals surface area contributed by atoms with Crippen LogP contribution in [0.5, 0.6) is 0 Å². The number of hydrogen-bond acceptors (Lipinski definition) is 8. The van der Waals surface area contributed by atoms with Crippen LogP contribution in [0.4, 0.5) is 0 Å². The molecule has 0 aromatic heterocycles. The van der Waals surface area contributed by atoms with Gasteiger partial charge >= 0.3 is 11.9 Å².